The zero-order valence-electron chi connectivity index (χ0n) is 11.9. The molecule has 0 aromatic heterocycles. The molecule has 6 nitrogen and oxygen atoms in total. The number of carbonyl (C=O) groups excluding carboxylic acids is 1. The third kappa shape index (κ3) is 4.23. The third-order valence-electron chi connectivity index (χ3n) is 3.28. The van der Waals surface area contributed by atoms with Crippen molar-refractivity contribution in [2.75, 3.05) is 39.1 Å². The first-order chi connectivity index (χ1) is 10.1. The van der Waals surface area contributed by atoms with Gasteiger partial charge in [0.2, 0.25) is 0 Å². The van der Waals surface area contributed by atoms with Crippen LogP contribution in [0.2, 0.25) is 5.02 Å². The number of hydrogen-bond acceptors (Lipinski definition) is 5. The van der Waals surface area contributed by atoms with Gasteiger partial charge in [-0.25, -0.2) is 0 Å². The third-order valence-corrected chi connectivity index (χ3v) is 3.60. The highest BCUT2D eigenvalue weighted by Gasteiger charge is 2.17. The largest absolute Gasteiger partial charge is 0.496 e. The Morgan fingerprint density at radius 3 is 3.19 bits per heavy atom. The minimum absolute atomic E-state index is 0.0355. The second kappa shape index (κ2) is 7.49. The van der Waals surface area contributed by atoms with E-state index < -0.39 is 0 Å². The van der Waals surface area contributed by atoms with Crippen LogP contribution in [0.15, 0.2) is 12.1 Å². The van der Waals surface area contributed by atoms with Gasteiger partial charge >= 0.3 is 0 Å². The lowest BCUT2D eigenvalue weighted by Gasteiger charge is -2.16. The van der Waals surface area contributed by atoms with Crippen LogP contribution in [0.4, 0.5) is 5.69 Å². The van der Waals surface area contributed by atoms with Crippen LogP contribution in [0.5, 0.6) is 5.75 Å². The van der Waals surface area contributed by atoms with E-state index in [1.807, 2.05) is 0 Å². The fourth-order valence-corrected chi connectivity index (χ4v) is 2.28. The molecule has 7 heteroatoms. The second-order valence-electron chi connectivity index (χ2n) is 4.83. The summed E-state index contributed by atoms with van der Waals surface area (Å²) >= 11 is 5.96. The first-order valence-electron chi connectivity index (χ1n) is 6.85. The van der Waals surface area contributed by atoms with Crippen molar-refractivity contribution in [3.05, 3.63) is 22.7 Å². The Kier molecular flexibility index (Phi) is 5.67. The molecule has 1 heterocycles. The van der Waals surface area contributed by atoms with Crippen LogP contribution in [0.25, 0.3) is 0 Å². The molecular weight excluding hydrogens is 294 g/mol. The summed E-state index contributed by atoms with van der Waals surface area (Å²) in [5.41, 5.74) is 6.44. The number of nitrogens with one attached hydrogen (secondary N) is 2. The van der Waals surface area contributed by atoms with E-state index in [0.29, 0.717) is 35.2 Å². The molecule has 0 aliphatic carbocycles. The molecule has 2 rings (SSSR count). The van der Waals surface area contributed by atoms with Crippen LogP contribution < -0.4 is 21.1 Å². The molecule has 21 heavy (non-hydrogen) atoms. The number of methoxy groups -OCH3 is 1. The SMILES string of the molecule is COc1cc(N)c(Cl)cc1C(=O)NCC1CNCCCO1. The van der Waals surface area contributed by atoms with Crippen LogP contribution in [0.1, 0.15) is 16.8 Å². The maximum absolute atomic E-state index is 12.2. The van der Waals surface area contributed by atoms with Gasteiger partial charge in [-0.05, 0) is 19.0 Å². The minimum Gasteiger partial charge on any atom is -0.496 e. The van der Waals surface area contributed by atoms with Gasteiger partial charge in [0.05, 0.1) is 29.5 Å². The number of amides is 1. The Morgan fingerprint density at radius 1 is 1.62 bits per heavy atom. The van der Waals surface area contributed by atoms with Gasteiger partial charge in [-0.1, -0.05) is 11.6 Å². The van der Waals surface area contributed by atoms with E-state index >= 15 is 0 Å². The molecular formula is C14H20ClN3O3. The van der Waals surface area contributed by atoms with Gasteiger partial charge in [-0.15, -0.1) is 0 Å². The number of nitrogens with two attached hydrogens (primary N) is 1. The smallest absolute Gasteiger partial charge is 0.255 e. The topological polar surface area (TPSA) is 85.6 Å². The minimum atomic E-state index is -0.262. The lowest BCUT2D eigenvalue weighted by molar-refractivity contribution is 0.0625. The molecule has 1 atom stereocenters. The number of halogens is 1. The van der Waals surface area contributed by atoms with Crippen LogP contribution in [0.3, 0.4) is 0 Å². The molecule has 1 fully saturated rings. The summed E-state index contributed by atoms with van der Waals surface area (Å²) in [6.45, 7) is 2.79. The summed E-state index contributed by atoms with van der Waals surface area (Å²) in [5, 5.41) is 6.42. The molecule has 0 bridgehead atoms. The van der Waals surface area contributed by atoms with E-state index in [2.05, 4.69) is 10.6 Å². The average molecular weight is 314 g/mol. The molecule has 1 aromatic carbocycles. The number of rotatable bonds is 4. The monoisotopic (exact) mass is 313 g/mol. The number of nitrogen functional groups attached to an aromatic ring is 1. The van der Waals surface area contributed by atoms with E-state index in [-0.39, 0.29) is 12.0 Å². The van der Waals surface area contributed by atoms with Gasteiger partial charge in [0, 0.05) is 25.8 Å². The van der Waals surface area contributed by atoms with E-state index in [0.717, 1.165) is 19.5 Å². The van der Waals surface area contributed by atoms with Crippen LogP contribution in [-0.4, -0.2) is 45.4 Å². The molecule has 1 saturated heterocycles. The van der Waals surface area contributed by atoms with E-state index in [1.165, 1.54) is 13.2 Å². The molecule has 1 aromatic rings. The summed E-state index contributed by atoms with van der Waals surface area (Å²) in [7, 11) is 1.48. The zero-order valence-corrected chi connectivity index (χ0v) is 12.7. The molecule has 4 N–H and O–H groups in total. The van der Waals surface area contributed by atoms with Crippen molar-refractivity contribution in [3.63, 3.8) is 0 Å². The molecule has 0 spiro atoms. The summed E-state index contributed by atoms with van der Waals surface area (Å²) in [4.78, 5) is 12.2. The number of hydrogen-bond donors (Lipinski definition) is 3. The number of carbonyl (C=O) groups is 1. The van der Waals surface area contributed by atoms with Crippen molar-refractivity contribution in [2.24, 2.45) is 0 Å². The number of anilines is 1. The van der Waals surface area contributed by atoms with Crippen molar-refractivity contribution >= 4 is 23.2 Å². The normalized spacial score (nSPS) is 18.9. The number of ether oxygens (including phenoxy) is 2. The molecule has 1 amide bonds. The van der Waals surface area contributed by atoms with Gasteiger partial charge in [0.1, 0.15) is 5.75 Å². The second-order valence-corrected chi connectivity index (χ2v) is 5.24. The van der Waals surface area contributed by atoms with E-state index in [4.69, 9.17) is 26.8 Å². The summed E-state index contributed by atoms with van der Waals surface area (Å²) in [5.74, 6) is 0.135. The number of benzene rings is 1. The van der Waals surface area contributed by atoms with Gasteiger partial charge < -0.3 is 25.8 Å². The molecule has 0 radical (unpaired) electrons. The summed E-state index contributed by atoms with van der Waals surface area (Å²) in [6.07, 6.45) is 0.943. The highest BCUT2D eigenvalue weighted by Crippen LogP contribution is 2.28. The molecule has 0 saturated carbocycles. The average Bonchev–Trinajstić information content (AvgIpc) is 2.75. The van der Waals surface area contributed by atoms with Crippen LogP contribution >= 0.6 is 11.6 Å². The Morgan fingerprint density at radius 2 is 2.43 bits per heavy atom. The Labute approximate surface area is 128 Å². The molecule has 1 unspecified atom stereocenters. The Bertz CT molecular complexity index is 502. The maximum Gasteiger partial charge on any atom is 0.255 e. The van der Waals surface area contributed by atoms with Crippen LogP contribution in [-0.2, 0) is 4.74 Å². The van der Waals surface area contributed by atoms with Gasteiger partial charge in [-0.3, -0.25) is 4.79 Å². The summed E-state index contributed by atoms with van der Waals surface area (Å²) in [6, 6.07) is 3.05. The van der Waals surface area contributed by atoms with Crippen molar-refractivity contribution in [1.29, 1.82) is 0 Å². The first-order valence-corrected chi connectivity index (χ1v) is 7.23. The quantitative estimate of drug-likeness (QED) is 0.723. The molecule has 1 aliphatic heterocycles. The van der Waals surface area contributed by atoms with E-state index in [1.54, 1.807) is 6.07 Å². The maximum atomic E-state index is 12.2. The van der Waals surface area contributed by atoms with Crippen LogP contribution in [0, 0.1) is 0 Å². The predicted molar refractivity (Wildman–Crippen MR) is 82.0 cm³/mol. The fourth-order valence-electron chi connectivity index (χ4n) is 2.12. The Balaban J connectivity index is 2.01. The van der Waals surface area contributed by atoms with Gasteiger partial charge in [0.25, 0.3) is 5.91 Å². The van der Waals surface area contributed by atoms with Crippen molar-refractivity contribution < 1.29 is 14.3 Å². The highest BCUT2D eigenvalue weighted by molar-refractivity contribution is 6.33. The molecule has 1 aliphatic rings. The molecule has 116 valence electrons. The Hall–Kier alpha value is -1.50. The van der Waals surface area contributed by atoms with Crippen molar-refractivity contribution in [2.45, 2.75) is 12.5 Å². The van der Waals surface area contributed by atoms with Crippen molar-refractivity contribution in [1.82, 2.24) is 10.6 Å². The standard InChI is InChI=1S/C14H20ClN3O3/c1-20-13-6-12(16)11(15)5-10(13)14(19)18-8-9-7-17-3-2-4-21-9/h5-6,9,17H,2-4,7-8,16H2,1H3,(H,18,19). The lowest BCUT2D eigenvalue weighted by atomic mass is 10.1. The van der Waals surface area contributed by atoms with Gasteiger partial charge in [-0.2, -0.15) is 0 Å². The summed E-state index contributed by atoms with van der Waals surface area (Å²) < 4.78 is 10.8. The first kappa shape index (κ1) is 15.9. The van der Waals surface area contributed by atoms with E-state index in [9.17, 15) is 4.79 Å². The lowest BCUT2D eigenvalue weighted by Crippen LogP contribution is -2.38. The zero-order chi connectivity index (χ0) is 15.2. The van der Waals surface area contributed by atoms with Gasteiger partial charge in [0.15, 0.2) is 0 Å². The van der Waals surface area contributed by atoms with Crippen molar-refractivity contribution in [3.8, 4) is 5.75 Å². The highest BCUT2D eigenvalue weighted by atomic mass is 35.5. The predicted octanol–water partition coefficient (Wildman–Crippen LogP) is 1.04. The fraction of sp³-hybridized carbons (Fsp3) is 0.500.